The van der Waals surface area contributed by atoms with E-state index in [-0.39, 0.29) is 11.3 Å². The standard InChI is InChI=1S/C18H26OS/c1-14(2)10-11-18(4,12-15(3)13-19)16-6-8-17(20-5)9-7-16/h6-10,13,15H,11-12H2,1-5H3. The zero-order chi connectivity index (χ0) is 15.2. The van der Waals surface area contributed by atoms with E-state index in [0.29, 0.717) is 0 Å². The van der Waals surface area contributed by atoms with Gasteiger partial charge in [-0.05, 0) is 56.1 Å². The Morgan fingerprint density at radius 1 is 1.30 bits per heavy atom. The summed E-state index contributed by atoms with van der Waals surface area (Å²) in [6.45, 7) is 8.52. The smallest absolute Gasteiger partial charge is 0.122 e. The summed E-state index contributed by atoms with van der Waals surface area (Å²) in [5.41, 5.74) is 2.67. The molecule has 0 aromatic heterocycles. The van der Waals surface area contributed by atoms with Crippen LogP contribution in [0.2, 0.25) is 0 Å². The first kappa shape index (κ1) is 17.0. The lowest BCUT2D eigenvalue weighted by molar-refractivity contribution is -0.111. The molecule has 0 saturated heterocycles. The van der Waals surface area contributed by atoms with Gasteiger partial charge >= 0.3 is 0 Å². The van der Waals surface area contributed by atoms with Crippen molar-refractivity contribution in [3.8, 4) is 0 Å². The highest BCUT2D eigenvalue weighted by Gasteiger charge is 2.27. The molecule has 20 heavy (non-hydrogen) atoms. The first-order valence-corrected chi connectivity index (χ1v) is 8.37. The number of allylic oxidation sites excluding steroid dienone is 2. The van der Waals surface area contributed by atoms with E-state index < -0.39 is 0 Å². The summed E-state index contributed by atoms with van der Waals surface area (Å²) in [4.78, 5) is 12.3. The summed E-state index contributed by atoms with van der Waals surface area (Å²) in [5.74, 6) is 0.0887. The number of hydrogen-bond donors (Lipinski definition) is 0. The van der Waals surface area contributed by atoms with Gasteiger partial charge in [0, 0.05) is 10.8 Å². The molecule has 1 aromatic rings. The Morgan fingerprint density at radius 3 is 2.35 bits per heavy atom. The molecule has 2 heteroatoms. The van der Waals surface area contributed by atoms with Gasteiger partial charge in [-0.3, -0.25) is 0 Å². The van der Waals surface area contributed by atoms with Gasteiger partial charge in [0.25, 0.3) is 0 Å². The first-order chi connectivity index (χ1) is 9.41. The molecule has 0 radical (unpaired) electrons. The van der Waals surface area contributed by atoms with E-state index in [0.717, 1.165) is 19.1 Å². The van der Waals surface area contributed by atoms with E-state index in [1.807, 2.05) is 6.92 Å². The van der Waals surface area contributed by atoms with Crippen molar-refractivity contribution >= 4 is 18.0 Å². The number of carbonyl (C=O) groups is 1. The molecule has 0 N–H and O–H groups in total. The Balaban J connectivity index is 3.06. The fraction of sp³-hybridized carbons (Fsp3) is 0.500. The Bertz CT molecular complexity index is 457. The molecule has 0 saturated carbocycles. The summed E-state index contributed by atoms with van der Waals surface area (Å²) in [5, 5.41) is 0. The molecule has 0 aliphatic rings. The Hall–Kier alpha value is -1.02. The van der Waals surface area contributed by atoms with Crippen molar-refractivity contribution in [2.75, 3.05) is 6.26 Å². The van der Waals surface area contributed by atoms with Gasteiger partial charge < -0.3 is 4.79 Å². The first-order valence-electron chi connectivity index (χ1n) is 7.14. The van der Waals surface area contributed by atoms with Crippen LogP contribution in [0.3, 0.4) is 0 Å². The van der Waals surface area contributed by atoms with Crippen molar-refractivity contribution in [3.05, 3.63) is 41.5 Å². The number of aldehydes is 1. The third kappa shape index (κ3) is 4.82. The van der Waals surface area contributed by atoms with Crippen molar-refractivity contribution in [2.24, 2.45) is 5.92 Å². The molecule has 2 atom stereocenters. The predicted octanol–water partition coefficient (Wildman–Crippen LogP) is 5.25. The van der Waals surface area contributed by atoms with Gasteiger partial charge in [0.05, 0.1) is 0 Å². The van der Waals surface area contributed by atoms with Gasteiger partial charge in [-0.2, -0.15) is 0 Å². The SMILES string of the molecule is CSc1ccc(C(C)(CC=C(C)C)CC(C)C=O)cc1. The molecule has 1 aromatic carbocycles. The maximum Gasteiger partial charge on any atom is 0.122 e. The molecule has 0 aliphatic heterocycles. The fourth-order valence-corrected chi connectivity index (χ4v) is 2.91. The van der Waals surface area contributed by atoms with Crippen molar-refractivity contribution in [3.63, 3.8) is 0 Å². The highest BCUT2D eigenvalue weighted by Crippen LogP contribution is 2.35. The highest BCUT2D eigenvalue weighted by molar-refractivity contribution is 7.98. The molecular weight excluding hydrogens is 264 g/mol. The Morgan fingerprint density at radius 2 is 1.90 bits per heavy atom. The second-order valence-corrected chi connectivity index (χ2v) is 6.97. The molecule has 0 amide bonds. The highest BCUT2D eigenvalue weighted by atomic mass is 32.2. The number of hydrogen-bond acceptors (Lipinski definition) is 2. The number of thioether (sulfide) groups is 1. The monoisotopic (exact) mass is 290 g/mol. The average molecular weight is 290 g/mol. The minimum absolute atomic E-state index is 0.0224. The van der Waals surface area contributed by atoms with Gasteiger partial charge in [0.15, 0.2) is 0 Å². The summed E-state index contributed by atoms with van der Waals surface area (Å²) < 4.78 is 0. The van der Waals surface area contributed by atoms with Gasteiger partial charge in [-0.25, -0.2) is 0 Å². The second-order valence-electron chi connectivity index (χ2n) is 6.09. The summed E-state index contributed by atoms with van der Waals surface area (Å²) in [6.07, 6.45) is 7.30. The summed E-state index contributed by atoms with van der Waals surface area (Å²) in [7, 11) is 0. The third-order valence-electron chi connectivity index (χ3n) is 3.75. The van der Waals surface area contributed by atoms with Crippen LogP contribution in [0.5, 0.6) is 0 Å². The van der Waals surface area contributed by atoms with Crippen molar-refractivity contribution < 1.29 is 4.79 Å². The van der Waals surface area contributed by atoms with Gasteiger partial charge in [-0.1, -0.05) is 37.6 Å². The molecule has 1 rings (SSSR count). The van der Waals surface area contributed by atoms with Crippen molar-refractivity contribution in [1.82, 2.24) is 0 Å². The lowest BCUT2D eigenvalue weighted by atomic mass is 9.73. The van der Waals surface area contributed by atoms with E-state index in [1.165, 1.54) is 16.0 Å². The van der Waals surface area contributed by atoms with E-state index in [4.69, 9.17) is 0 Å². The molecule has 0 fully saturated rings. The van der Waals surface area contributed by atoms with Gasteiger partial charge in [0.1, 0.15) is 6.29 Å². The van der Waals surface area contributed by atoms with E-state index >= 15 is 0 Å². The lowest BCUT2D eigenvalue weighted by Crippen LogP contribution is -2.25. The Labute approximate surface area is 127 Å². The fourth-order valence-electron chi connectivity index (χ4n) is 2.50. The maximum atomic E-state index is 11.0. The zero-order valence-corrected chi connectivity index (χ0v) is 14.1. The van der Waals surface area contributed by atoms with Crippen molar-refractivity contribution in [1.29, 1.82) is 0 Å². The minimum Gasteiger partial charge on any atom is -0.303 e. The molecule has 2 unspecified atom stereocenters. The molecule has 1 nitrogen and oxygen atoms in total. The summed E-state index contributed by atoms with van der Waals surface area (Å²) in [6, 6.07) is 8.77. The van der Waals surface area contributed by atoms with Crippen LogP contribution in [0.4, 0.5) is 0 Å². The van der Waals surface area contributed by atoms with Crippen LogP contribution in [-0.2, 0) is 10.2 Å². The zero-order valence-electron chi connectivity index (χ0n) is 13.3. The maximum absolute atomic E-state index is 11.0. The number of rotatable bonds is 7. The van der Waals surface area contributed by atoms with E-state index in [9.17, 15) is 4.79 Å². The van der Waals surface area contributed by atoms with E-state index in [1.54, 1.807) is 11.8 Å². The predicted molar refractivity (Wildman–Crippen MR) is 89.5 cm³/mol. The van der Waals surface area contributed by atoms with Crippen LogP contribution in [0.25, 0.3) is 0 Å². The molecule has 0 spiro atoms. The van der Waals surface area contributed by atoms with Crippen LogP contribution < -0.4 is 0 Å². The van der Waals surface area contributed by atoms with Gasteiger partial charge in [-0.15, -0.1) is 11.8 Å². The Kier molecular flexibility index (Phi) is 6.54. The average Bonchev–Trinajstić information content (AvgIpc) is 2.45. The molecule has 0 bridgehead atoms. The quantitative estimate of drug-likeness (QED) is 0.388. The summed E-state index contributed by atoms with van der Waals surface area (Å²) >= 11 is 1.76. The van der Waals surface area contributed by atoms with Crippen LogP contribution in [0, 0.1) is 5.92 Å². The van der Waals surface area contributed by atoms with Crippen LogP contribution in [0.1, 0.15) is 46.1 Å². The third-order valence-corrected chi connectivity index (χ3v) is 4.50. The van der Waals surface area contributed by atoms with Gasteiger partial charge in [0.2, 0.25) is 0 Å². The molecule has 0 aliphatic carbocycles. The minimum atomic E-state index is 0.0224. The normalized spacial score (nSPS) is 15.2. The second kappa shape index (κ2) is 7.68. The molecule has 110 valence electrons. The largest absolute Gasteiger partial charge is 0.303 e. The van der Waals surface area contributed by atoms with Crippen molar-refractivity contribution in [2.45, 2.75) is 50.8 Å². The lowest BCUT2D eigenvalue weighted by Gasteiger charge is -2.31. The number of benzene rings is 1. The number of carbonyl (C=O) groups excluding carboxylic acids is 1. The van der Waals surface area contributed by atoms with Crippen LogP contribution in [-0.4, -0.2) is 12.5 Å². The van der Waals surface area contributed by atoms with Crippen LogP contribution in [0.15, 0.2) is 40.8 Å². The van der Waals surface area contributed by atoms with Crippen LogP contribution >= 0.6 is 11.8 Å². The topological polar surface area (TPSA) is 17.1 Å². The molecular formula is C18H26OS. The van der Waals surface area contributed by atoms with E-state index in [2.05, 4.69) is 57.4 Å². The molecule has 0 heterocycles.